The van der Waals surface area contributed by atoms with Crippen molar-refractivity contribution in [1.82, 2.24) is 0 Å². The Morgan fingerprint density at radius 3 is 1.05 bits per heavy atom. The topological polar surface area (TPSA) is 68.3 Å². The third-order valence-electron chi connectivity index (χ3n) is 7.69. The molecule has 1 aliphatic carbocycles. The highest BCUT2D eigenvalue weighted by molar-refractivity contribution is 6.30. The minimum Gasteiger partial charge on any atom is -0.298 e. The van der Waals surface area contributed by atoms with Crippen LogP contribution < -0.4 is 0 Å². The van der Waals surface area contributed by atoms with Gasteiger partial charge in [-0.1, -0.05) is 72.8 Å². The molecule has 40 heavy (non-hydrogen) atoms. The average Bonchev–Trinajstić information content (AvgIpc) is 3.01. The number of rotatable bonds is 4. The Balaban J connectivity index is 1.46. The highest BCUT2D eigenvalue weighted by Crippen LogP contribution is 2.39. The molecule has 0 aromatic heterocycles. The van der Waals surface area contributed by atoms with Gasteiger partial charge in [0.25, 0.3) is 0 Å². The van der Waals surface area contributed by atoms with Gasteiger partial charge in [-0.2, -0.15) is 0 Å². The molecule has 0 N–H and O–H groups in total. The van der Waals surface area contributed by atoms with E-state index in [0.717, 1.165) is 56.4 Å². The van der Waals surface area contributed by atoms with Crippen molar-refractivity contribution in [3.8, 4) is 22.3 Å². The number of aldehydes is 2. The third kappa shape index (κ3) is 3.69. The molecule has 188 valence electrons. The molecular weight excluding hydrogens is 496 g/mol. The van der Waals surface area contributed by atoms with E-state index in [9.17, 15) is 19.2 Å². The summed E-state index contributed by atoms with van der Waals surface area (Å²) >= 11 is 0. The van der Waals surface area contributed by atoms with Crippen LogP contribution in [-0.4, -0.2) is 24.1 Å². The van der Waals surface area contributed by atoms with Gasteiger partial charge in [-0.3, -0.25) is 19.2 Å². The number of benzene rings is 6. The standard InChI is InChI=1S/C36H20O4/c37-19-21-5-9-23(10-6-21)29-15-27-17-33-34(18-28(27)16-30(29)24-11-7-22(20-38)8-12-24)36(40)32-14-26-4-2-1-3-25(26)13-31(32)35(33)39/h1-20H. The predicted octanol–water partition coefficient (Wildman–Crippen LogP) is 7.73. The van der Waals surface area contributed by atoms with Crippen molar-refractivity contribution in [2.45, 2.75) is 0 Å². The molecule has 4 nitrogen and oxygen atoms in total. The first kappa shape index (κ1) is 23.6. The van der Waals surface area contributed by atoms with E-state index in [2.05, 4.69) is 0 Å². The number of hydrogen-bond acceptors (Lipinski definition) is 4. The molecule has 0 bridgehead atoms. The predicted molar refractivity (Wildman–Crippen MR) is 156 cm³/mol. The second kappa shape index (κ2) is 9.07. The number of carbonyl (C=O) groups excluding carboxylic acids is 4. The molecule has 0 saturated heterocycles. The van der Waals surface area contributed by atoms with Gasteiger partial charge in [0.2, 0.25) is 0 Å². The summed E-state index contributed by atoms with van der Waals surface area (Å²) in [5.41, 5.74) is 6.40. The Kier molecular flexibility index (Phi) is 5.36. The molecule has 0 atom stereocenters. The van der Waals surface area contributed by atoms with Crippen molar-refractivity contribution in [1.29, 1.82) is 0 Å². The van der Waals surface area contributed by atoms with Gasteiger partial charge in [-0.05, 0) is 80.2 Å². The maximum absolute atomic E-state index is 13.7. The molecule has 7 rings (SSSR count). The van der Waals surface area contributed by atoms with E-state index >= 15 is 0 Å². The van der Waals surface area contributed by atoms with E-state index in [1.165, 1.54) is 0 Å². The summed E-state index contributed by atoms with van der Waals surface area (Å²) < 4.78 is 0. The Morgan fingerprint density at radius 2 is 0.700 bits per heavy atom. The van der Waals surface area contributed by atoms with E-state index in [-0.39, 0.29) is 11.6 Å². The number of fused-ring (bicyclic) bond motifs is 4. The van der Waals surface area contributed by atoms with Crippen LogP contribution in [-0.2, 0) is 0 Å². The fraction of sp³-hybridized carbons (Fsp3) is 0. The van der Waals surface area contributed by atoms with Crippen molar-refractivity contribution in [3.05, 3.63) is 143 Å². The van der Waals surface area contributed by atoms with E-state index < -0.39 is 0 Å². The lowest BCUT2D eigenvalue weighted by Crippen LogP contribution is -2.21. The van der Waals surface area contributed by atoms with Gasteiger partial charge in [0.05, 0.1) is 0 Å². The molecule has 0 unspecified atom stereocenters. The van der Waals surface area contributed by atoms with E-state index in [0.29, 0.717) is 33.4 Å². The van der Waals surface area contributed by atoms with Crippen LogP contribution in [0.4, 0.5) is 0 Å². The maximum atomic E-state index is 13.7. The fourth-order valence-corrected chi connectivity index (χ4v) is 5.59. The zero-order chi connectivity index (χ0) is 27.4. The van der Waals surface area contributed by atoms with Crippen LogP contribution >= 0.6 is 0 Å². The Morgan fingerprint density at radius 1 is 0.375 bits per heavy atom. The monoisotopic (exact) mass is 516 g/mol. The molecule has 6 aromatic carbocycles. The summed E-state index contributed by atoms with van der Waals surface area (Å²) in [5.74, 6) is -0.328. The van der Waals surface area contributed by atoms with E-state index in [1.54, 1.807) is 24.3 Å². The molecule has 0 heterocycles. The van der Waals surface area contributed by atoms with Crippen molar-refractivity contribution in [2.75, 3.05) is 0 Å². The van der Waals surface area contributed by atoms with Crippen LogP contribution in [0, 0.1) is 0 Å². The van der Waals surface area contributed by atoms with Crippen molar-refractivity contribution in [3.63, 3.8) is 0 Å². The summed E-state index contributed by atoms with van der Waals surface area (Å²) in [5, 5.41) is 3.48. The minimum absolute atomic E-state index is 0.164. The lowest BCUT2D eigenvalue weighted by molar-refractivity contribution is 0.0979. The summed E-state index contributed by atoms with van der Waals surface area (Å²) in [4.78, 5) is 49.9. The molecule has 0 amide bonds. The first-order valence-electron chi connectivity index (χ1n) is 12.9. The average molecular weight is 517 g/mol. The summed E-state index contributed by atoms with van der Waals surface area (Å²) in [6.07, 6.45) is 1.61. The van der Waals surface area contributed by atoms with Crippen LogP contribution in [0.3, 0.4) is 0 Å². The van der Waals surface area contributed by atoms with Gasteiger partial charge in [0.15, 0.2) is 11.6 Å². The SMILES string of the molecule is O=Cc1ccc(-c2cc3cc4c(cc3cc2-c2ccc(C=O)cc2)C(=O)c2cc3ccccc3cc2C4=O)cc1. The molecule has 0 aliphatic heterocycles. The van der Waals surface area contributed by atoms with Gasteiger partial charge in [0, 0.05) is 33.4 Å². The van der Waals surface area contributed by atoms with E-state index in [1.807, 2.05) is 84.9 Å². The van der Waals surface area contributed by atoms with Crippen LogP contribution in [0.5, 0.6) is 0 Å². The first-order chi connectivity index (χ1) is 19.5. The zero-order valence-electron chi connectivity index (χ0n) is 21.2. The van der Waals surface area contributed by atoms with E-state index in [4.69, 9.17) is 0 Å². The Bertz CT molecular complexity index is 1900. The normalized spacial score (nSPS) is 12.3. The molecule has 4 heteroatoms. The van der Waals surface area contributed by atoms with Crippen molar-refractivity contribution < 1.29 is 19.2 Å². The molecule has 1 aliphatic rings. The lowest BCUT2D eigenvalue weighted by atomic mass is 9.81. The molecule has 0 radical (unpaired) electrons. The van der Waals surface area contributed by atoms with Gasteiger partial charge in [-0.25, -0.2) is 0 Å². The quantitative estimate of drug-likeness (QED) is 0.225. The van der Waals surface area contributed by atoms with Gasteiger partial charge in [-0.15, -0.1) is 0 Å². The highest BCUT2D eigenvalue weighted by Gasteiger charge is 2.30. The Labute approximate surface area is 229 Å². The summed E-state index contributed by atoms with van der Waals surface area (Å²) in [6.45, 7) is 0. The largest absolute Gasteiger partial charge is 0.298 e. The smallest absolute Gasteiger partial charge is 0.194 e. The highest BCUT2D eigenvalue weighted by atomic mass is 16.1. The summed E-state index contributed by atoms with van der Waals surface area (Å²) in [7, 11) is 0. The lowest BCUT2D eigenvalue weighted by Gasteiger charge is -2.20. The molecule has 0 saturated carbocycles. The second-order valence-corrected chi connectivity index (χ2v) is 10.0. The molecule has 0 spiro atoms. The molecule has 6 aromatic rings. The zero-order valence-corrected chi connectivity index (χ0v) is 21.2. The molecule has 0 fully saturated rings. The Hall–Kier alpha value is -5.48. The third-order valence-corrected chi connectivity index (χ3v) is 7.69. The summed E-state index contributed by atoms with van der Waals surface area (Å²) in [6, 6.07) is 33.6. The van der Waals surface area contributed by atoms with Crippen LogP contribution in [0.15, 0.2) is 109 Å². The van der Waals surface area contributed by atoms with Crippen molar-refractivity contribution >= 4 is 45.7 Å². The second-order valence-electron chi connectivity index (χ2n) is 10.0. The van der Waals surface area contributed by atoms with Crippen LogP contribution in [0.1, 0.15) is 52.6 Å². The van der Waals surface area contributed by atoms with Crippen LogP contribution in [0.25, 0.3) is 43.8 Å². The van der Waals surface area contributed by atoms with Crippen molar-refractivity contribution in [2.24, 2.45) is 0 Å². The maximum Gasteiger partial charge on any atom is 0.194 e. The van der Waals surface area contributed by atoms with Gasteiger partial charge < -0.3 is 0 Å². The van der Waals surface area contributed by atoms with Gasteiger partial charge >= 0.3 is 0 Å². The van der Waals surface area contributed by atoms with Crippen LogP contribution in [0.2, 0.25) is 0 Å². The molecular formula is C36H20O4. The minimum atomic E-state index is -0.164. The number of hydrogen-bond donors (Lipinski definition) is 0. The van der Waals surface area contributed by atoms with Gasteiger partial charge in [0.1, 0.15) is 12.6 Å². The fourth-order valence-electron chi connectivity index (χ4n) is 5.59. The number of ketones is 2. The number of carbonyl (C=O) groups is 4. The first-order valence-corrected chi connectivity index (χ1v) is 12.9.